The lowest BCUT2D eigenvalue weighted by Crippen LogP contribution is -2.39. The second-order valence-electron chi connectivity index (χ2n) is 10.2. The summed E-state index contributed by atoms with van der Waals surface area (Å²) < 4.78 is 40.6. The Morgan fingerprint density at radius 1 is 1.28 bits per heavy atom. The summed E-state index contributed by atoms with van der Waals surface area (Å²) in [6.45, 7) is 6.30. The summed E-state index contributed by atoms with van der Waals surface area (Å²) in [5.41, 5.74) is 0.744. The van der Waals surface area contributed by atoms with Crippen LogP contribution in [0.2, 0.25) is 0 Å². The average molecular weight is 507 g/mol. The molecule has 3 heterocycles. The number of aromatic nitrogens is 2. The van der Waals surface area contributed by atoms with Crippen LogP contribution in [0.5, 0.6) is 0 Å². The van der Waals surface area contributed by atoms with Crippen molar-refractivity contribution in [2.24, 2.45) is 5.92 Å². The molecular weight excluding hydrogens is 473 g/mol. The molecule has 1 aromatic carbocycles. The number of anilines is 3. The molecule has 0 aliphatic carbocycles. The molecule has 1 fully saturated rings. The lowest BCUT2D eigenvalue weighted by molar-refractivity contribution is -0.137. The van der Waals surface area contributed by atoms with Gasteiger partial charge < -0.3 is 26.0 Å². The molecule has 1 saturated heterocycles. The topological polar surface area (TPSA) is 102 Å². The summed E-state index contributed by atoms with van der Waals surface area (Å²) in [7, 11) is 0. The molecule has 4 rings (SSSR count). The van der Waals surface area contributed by atoms with Crippen LogP contribution in [-0.4, -0.2) is 57.7 Å². The normalized spacial score (nSPS) is 18.5. The highest BCUT2D eigenvalue weighted by Gasteiger charge is 2.35. The number of fused-ring (bicyclic) bond motifs is 1. The molecule has 1 amide bonds. The number of halogens is 3. The van der Waals surface area contributed by atoms with E-state index in [-0.39, 0.29) is 30.0 Å². The molecule has 0 radical (unpaired) electrons. The predicted octanol–water partition coefficient (Wildman–Crippen LogP) is 3.70. The van der Waals surface area contributed by atoms with E-state index in [0.29, 0.717) is 31.7 Å². The molecule has 0 spiro atoms. The highest BCUT2D eigenvalue weighted by Crippen LogP contribution is 2.34. The van der Waals surface area contributed by atoms with E-state index in [1.807, 2.05) is 12.1 Å². The fourth-order valence-corrected chi connectivity index (χ4v) is 4.58. The van der Waals surface area contributed by atoms with Crippen molar-refractivity contribution in [1.29, 1.82) is 0 Å². The molecule has 1 atom stereocenters. The summed E-state index contributed by atoms with van der Waals surface area (Å²) in [4.78, 5) is 22.2. The third-order valence-corrected chi connectivity index (χ3v) is 6.46. The molecular formula is C25H33F3N6O2. The Bertz CT molecular complexity index is 1080. The first-order valence-electron chi connectivity index (χ1n) is 12.3. The van der Waals surface area contributed by atoms with Gasteiger partial charge in [-0.2, -0.15) is 18.2 Å². The van der Waals surface area contributed by atoms with Crippen molar-refractivity contribution in [2.45, 2.75) is 57.9 Å². The zero-order valence-electron chi connectivity index (χ0n) is 20.6. The van der Waals surface area contributed by atoms with Crippen LogP contribution >= 0.6 is 0 Å². The molecule has 0 unspecified atom stereocenters. The van der Waals surface area contributed by atoms with Gasteiger partial charge in [0.1, 0.15) is 11.4 Å². The largest absolute Gasteiger partial charge is 0.421 e. The maximum absolute atomic E-state index is 13.5. The Balaban J connectivity index is 1.46. The summed E-state index contributed by atoms with van der Waals surface area (Å²) in [5, 5.41) is 19.1. The average Bonchev–Trinajstić information content (AvgIpc) is 2.81. The van der Waals surface area contributed by atoms with Gasteiger partial charge in [0.15, 0.2) is 0 Å². The van der Waals surface area contributed by atoms with E-state index in [0.717, 1.165) is 43.3 Å². The van der Waals surface area contributed by atoms with Crippen LogP contribution in [0.4, 0.5) is 30.6 Å². The molecule has 196 valence electrons. The third kappa shape index (κ3) is 6.85. The molecule has 8 nitrogen and oxygen atoms in total. The van der Waals surface area contributed by atoms with E-state index in [2.05, 4.69) is 25.9 Å². The number of hydrogen-bond acceptors (Lipinski definition) is 7. The molecule has 2 aliphatic heterocycles. The SMILES string of the molecule is CC(C)(O)CC(=O)N1CCc2cc(Nc3ncc(C(F)(F)F)c(NC[C@H]4CCCNC4)n3)ccc2C1. The van der Waals surface area contributed by atoms with Crippen molar-refractivity contribution in [3.8, 4) is 0 Å². The quantitative estimate of drug-likeness (QED) is 0.454. The van der Waals surface area contributed by atoms with Gasteiger partial charge in [-0.15, -0.1) is 0 Å². The minimum absolute atomic E-state index is 0.0564. The van der Waals surface area contributed by atoms with Gasteiger partial charge in [0.2, 0.25) is 11.9 Å². The lowest BCUT2D eigenvalue weighted by atomic mass is 9.97. The van der Waals surface area contributed by atoms with Gasteiger partial charge in [0.25, 0.3) is 0 Å². The number of alkyl halides is 3. The Morgan fingerprint density at radius 3 is 2.78 bits per heavy atom. The van der Waals surface area contributed by atoms with Crippen LogP contribution < -0.4 is 16.0 Å². The van der Waals surface area contributed by atoms with Crippen molar-refractivity contribution in [2.75, 3.05) is 36.8 Å². The molecule has 11 heteroatoms. The number of benzene rings is 1. The van der Waals surface area contributed by atoms with E-state index in [1.54, 1.807) is 24.8 Å². The van der Waals surface area contributed by atoms with Crippen LogP contribution in [0.25, 0.3) is 0 Å². The van der Waals surface area contributed by atoms with Gasteiger partial charge >= 0.3 is 6.18 Å². The lowest BCUT2D eigenvalue weighted by Gasteiger charge is -2.31. The second-order valence-corrected chi connectivity index (χ2v) is 10.2. The number of amides is 1. The third-order valence-electron chi connectivity index (χ3n) is 6.46. The number of aliphatic hydroxyl groups is 1. The Hall–Kier alpha value is -2.92. The molecule has 36 heavy (non-hydrogen) atoms. The van der Waals surface area contributed by atoms with Gasteiger partial charge in [-0.3, -0.25) is 4.79 Å². The first-order chi connectivity index (χ1) is 17.0. The number of nitrogens with zero attached hydrogens (tertiary/aromatic N) is 3. The van der Waals surface area contributed by atoms with Crippen molar-refractivity contribution in [3.05, 3.63) is 41.1 Å². The zero-order chi connectivity index (χ0) is 25.9. The first-order valence-corrected chi connectivity index (χ1v) is 12.3. The first kappa shape index (κ1) is 26.2. The monoisotopic (exact) mass is 506 g/mol. The van der Waals surface area contributed by atoms with Gasteiger partial charge in [-0.05, 0) is 75.4 Å². The highest BCUT2D eigenvalue weighted by molar-refractivity contribution is 5.77. The molecule has 2 aliphatic rings. The summed E-state index contributed by atoms with van der Waals surface area (Å²) >= 11 is 0. The molecule has 2 aromatic rings. The number of hydrogen-bond donors (Lipinski definition) is 4. The minimum atomic E-state index is -4.56. The van der Waals surface area contributed by atoms with Gasteiger partial charge in [0.05, 0.1) is 12.0 Å². The zero-order valence-corrected chi connectivity index (χ0v) is 20.6. The fraction of sp³-hybridized carbons (Fsp3) is 0.560. The van der Waals surface area contributed by atoms with Crippen LogP contribution in [0, 0.1) is 5.92 Å². The van der Waals surface area contributed by atoms with Crippen LogP contribution in [-0.2, 0) is 23.9 Å². The van der Waals surface area contributed by atoms with E-state index in [1.165, 1.54) is 0 Å². The standard InChI is InChI=1S/C25H33F3N6O2/c1-24(2,36)11-21(35)34-9-7-17-10-19(6-5-18(17)15-34)32-23-31-14-20(25(26,27)28)22(33-23)30-13-16-4-3-8-29-12-16/h5-6,10,14,16,29,36H,3-4,7-9,11-13,15H2,1-2H3,(H2,30,31,32,33)/t16-/m0/s1. The Kier molecular flexibility index (Phi) is 7.70. The van der Waals surface area contributed by atoms with Gasteiger partial charge in [-0.25, -0.2) is 4.98 Å². The molecule has 0 bridgehead atoms. The van der Waals surface area contributed by atoms with Crippen molar-refractivity contribution < 1.29 is 23.1 Å². The van der Waals surface area contributed by atoms with Crippen molar-refractivity contribution in [1.82, 2.24) is 20.2 Å². The molecule has 0 saturated carbocycles. The Morgan fingerprint density at radius 2 is 2.08 bits per heavy atom. The summed E-state index contributed by atoms with van der Waals surface area (Å²) in [6, 6.07) is 5.60. The van der Waals surface area contributed by atoms with Crippen molar-refractivity contribution >= 4 is 23.4 Å². The van der Waals surface area contributed by atoms with Crippen LogP contribution in [0.3, 0.4) is 0 Å². The maximum Gasteiger partial charge on any atom is 0.421 e. The predicted molar refractivity (Wildman–Crippen MR) is 131 cm³/mol. The summed E-state index contributed by atoms with van der Waals surface area (Å²) in [6.07, 6.45) is -1.11. The summed E-state index contributed by atoms with van der Waals surface area (Å²) in [5.74, 6) is -0.0196. The highest BCUT2D eigenvalue weighted by atomic mass is 19.4. The molecule has 4 N–H and O–H groups in total. The van der Waals surface area contributed by atoms with E-state index >= 15 is 0 Å². The van der Waals surface area contributed by atoms with Crippen molar-refractivity contribution in [3.63, 3.8) is 0 Å². The number of carbonyl (C=O) groups excluding carboxylic acids is 1. The van der Waals surface area contributed by atoms with Crippen LogP contribution in [0.1, 0.15) is 49.8 Å². The van der Waals surface area contributed by atoms with Gasteiger partial charge in [0, 0.05) is 31.5 Å². The van der Waals surface area contributed by atoms with E-state index < -0.39 is 17.3 Å². The van der Waals surface area contributed by atoms with Gasteiger partial charge in [-0.1, -0.05) is 6.07 Å². The smallest absolute Gasteiger partial charge is 0.390 e. The number of nitrogens with one attached hydrogen (secondary N) is 3. The number of rotatable bonds is 7. The minimum Gasteiger partial charge on any atom is -0.390 e. The maximum atomic E-state index is 13.5. The fourth-order valence-electron chi connectivity index (χ4n) is 4.58. The van der Waals surface area contributed by atoms with E-state index in [9.17, 15) is 23.1 Å². The molecule has 1 aromatic heterocycles. The Labute approximate surface area is 208 Å². The second kappa shape index (κ2) is 10.6. The van der Waals surface area contributed by atoms with E-state index in [4.69, 9.17) is 0 Å². The number of piperidine rings is 1. The van der Waals surface area contributed by atoms with Crippen LogP contribution in [0.15, 0.2) is 24.4 Å². The number of carbonyl (C=O) groups is 1.